The molecule has 1 aliphatic rings. The molecule has 0 radical (unpaired) electrons. The van der Waals surface area contributed by atoms with Gasteiger partial charge in [-0.05, 0) is 68.4 Å². The van der Waals surface area contributed by atoms with Gasteiger partial charge in [-0.3, -0.25) is 9.10 Å². The Morgan fingerprint density at radius 1 is 1.16 bits per heavy atom. The molecule has 7 nitrogen and oxygen atoms in total. The van der Waals surface area contributed by atoms with Gasteiger partial charge in [0.05, 0.1) is 18.5 Å². The van der Waals surface area contributed by atoms with Crippen molar-refractivity contribution >= 4 is 27.3 Å². The molecule has 2 aromatic rings. The van der Waals surface area contributed by atoms with Crippen LogP contribution in [-0.2, 0) is 10.0 Å². The van der Waals surface area contributed by atoms with Crippen LogP contribution in [0.1, 0.15) is 23.2 Å². The summed E-state index contributed by atoms with van der Waals surface area (Å²) in [6, 6.07) is 13.8. The second-order valence-corrected chi connectivity index (χ2v) is 9.64. The van der Waals surface area contributed by atoms with Crippen LogP contribution in [0, 0.1) is 0 Å². The van der Waals surface area contributed by atoms with Crippen LogP contribution < -0.4 is 14.4 Å². The topological polar surface area (TPSA) is 79.0 Å². The SMILES string of the molecule is C=CCN(c1ccc(C(=O)Nc2ccc(OC3CCN(C)CC3)cc2)cc1)S(C)(=O)=O. The van der Waals surface area contributed by atoms with Crippen LogP contribution >= 0.6 is 0 Å². The monoisotopic (exact) mass is 443 g/mol. The number of carbonyl (C=O) groups is 1. The van der Waals surface area contributed by atoms with E-state index in [4.69, 9.17) is 4.74 Å². The first kappa shape index (κ1) is 22.8. The van der Waals surface area contributed by atoms with Gasteiger partial charge in [0.2, 0.25) is 10.0 Å². The van der Waals surface area contributed by atoms with Crippen LogP contribution in [0.5, 0.6) is 5.75 Å². The largest absolute Gasteiger partial charge is 0.490 e. The van der Waals surface area contributed by atoms with E-state index in [0.29, 0.717) is 16.9 Å². The van der Waals surface area contributed by atoms with Gasteiger partial charge in [-0.1, -0.05) is 6.08 Å². The van der Waals surface area contributed by atoms with E-state index in [2.05, 4.69) is 23.8 Å². The fourth-order valence-electron chi connectivity index (χ4n) is 3.44. The zero-order valence-corrected chi connectivity index (χ0v) is 18.8. The fraction of sp³-hybridized carbons (Fsp3) is 0.348. The van der Waals surface area contributed by atoms with E-state index in [1.54, 1.807) is 24.3 Å². The average Bonchev–Trinajstić information content (AvgIpc) is 2.74. The van der Waals surface area contributed by atoms with Gasteiger partial charge in [-0.2, -0.15) is 0 Å². The molecular weight excluding hydrogens is 414 g/mol. The molecule has 0 atom stereocenters. The molecule has 1 heterocycles. The van der Waals surface area contributed by atoms with Crippen LogP contribution in [-0.4, -0.2) is 58.3 Å². The second-order valence-electron chi connectivity index (χ2n) is 7.73. The number of rotatable bonds is 8. The van der Waals surface area contributed by atoms with Crippen molar-refractivity contribution in [1.82, 2.24) is 4.90 Å². The number of sulfonamides is 1. The maximum Gasteiger partial charge on any atom is 0.255 e. The van der Waals surface area contributed by atoms with Crippen LogP contribution in [0.4, 0.5) is 11.4 Å². The molecule has 1 saturated heterocycles. The minimum atomic E-state index is -3.43. The first-order chi connectivity index (χ1) is 14.8. The number of nitrogens with one attached hydrogen (secondary N) is 1. The number of hydrogen-bond donors (Lipinski definition) is 1. The summed E-state index contributed by atoms with van der Waals surface area (Å²) in [7, 11) is -1.32. The van der Waals surface area contributed by atoms with Gasteiger partial charge in [0.15, 0.2) is 0 Å². The van der Waals surface area contributed by atoms with E-state index < -0.39 is 10.0 Å². The minimum Gasteiger partial charge on any atom is -0.490 e. The zero-order valence-electron chi connectivity index (χ0n) is 18.0. The van der Waals surface area contributed by atoms with Gasteiger partial charge in [0, 0.05) is 24.3 Å². The van der Waals surface area contributed by atoms with Crippen molar-refractivity contribution in [3.63, 3.8) is 0 Å². The van der Waals surface area contributed by atoms with Gasteiger partial charge in [0.25, 0.3) is 5.91 Å². The van der Waals surface area contributed by atoms with E-state index in [0.717, 1.165) is 37.9 Å². The second kappa shape index (κ2) is 9.98. The summed E-state index contributed by atoms with van der Waals surface area (Å²) in [5.41, 5.74) is 1.58. The normalized spacial score (nSPS) is 15.3. The molecule has 31 heavy (non-hydrogen) atoms. The van der Waals surface area contributed by atoms with E-state index in [-0.39, 0.29) is 18.6 Å². The number of carbonyl (C=O) groups excluding carboxylic acids is 1. The number of piperidine rings is 1. The maximum absolute atomic E-state index is 12.6. The molecule has 0 aliphatic carbocycles. The van der Waals surface area contributed by atoms with Crippen LogP contribution in [0.15, 0.2) is 61.2 Å². The molecule has 1 fully saturated rings. The maximum atomic E-state index is 12.6. The molecule has 3 rings (SSSR count). The number of likely N-dealkylation sites (tertiary alicyclic amines) is 1. The number of hydrogen-bond acceptors (Lipinski definition) is 5. The Hall–Kier alpha value is -2.84. The molecular formula is C23H29N3O4S. The predicted octanol–water partition coefficient (Wildman–Crippen LogP) is 3.36. The first-order valence-electron chi connectivity index (χ1n) is 10.2. The van der Waals surface area contributed by atoms with E-state index in [1.807, 2.05) is 24.3 Å². The number of ether oxygens (including phenoxy) is 1. The Kier molecular flexibility index (Phi) is 7.35. The average molecular weight is 444 g/mol. The standard InChI is InChI=1S/C23H29N3O4S/c1-4-15-26(31(3,28)29)20-9-5-18(6-10-20)23(27)24-19-7-11-21(12-8-19)30-22-13-16-25(2)17-14-22/h4-12,22H,1,13-17H2,2-3H3,(H,24,27). The molecule has 0 spiro atoms. The molecule has 0 unspecified atom stereocenters. The number of nitrogens with zero attached hydrogens (tertiary/aromatic N) is 2. The van der Waals surface area contributed by atoms with Gasteiger partial charge >= 0.3 is 0 Å². The number of anilines is 2. The van der Waals surface area contributed by atoms with Crippen LogP contribution in [0.2, 0.25) is 0 Å². The molecule has 0 saturated carbocycles. The summed E-state index contributed by atoms with van der Waals surface area (Å²) in [4.78, 5) is 14.9. The highest BCUT2D eigenvalue weighted by molar-refractivity contribution is 7.92. The van der Waals surface area contributed by atoms with E-state index in [9.17, 15) is 13.2 Å². The van der Waals surface area contributed by atoms with Crippen molar-refractivity contribution < 1.29 is 17.9 Å². The molecule has 0 aromatic heterocycles. The third-order valence-electron chi connectivity index (χ3n) is 5.19. The minimum absolute atomic E-state index is 0.163. The molecule has 0 bridgehead atoms. The van der Waals surface area contributed by atoms with Gasteiger partial charge in [0.1, 0.15) is 11.9 Å². The van der Waals surface area contributed by atoms with Gasteiger partial charge < -0.3 is 15.0 Å². The van der Waals surface area contributed by atoms with Crippen LogP contribution in [0.25, 0.3) is 0 Å². The number of benzene rings is 2. The molecule has 1 N–H and O–H groups in total. The summed E-state index contributed by atoms with van der Waals surface area (Å²) >= 11 is 0. The number of amides is 1. The fourth-order valence-corrected chi connectivity index (χ4v) is 4.32. The molecule has 1 amide bonds. The van der Waals surface area contributed by atoms with E-state index in [1.165, 1.54) is 10.4 Å². The highest BCUT2D eigenvalue weighted by Gasteiger charge is 2.18. The summed E-state index contributed by atoms with van der Waals surface area (Å²) in [6.07, 6.45) is 4.89. The van der Waals surface area contributed by atoms with Crippen molar-refractivity contribution in [3.05, 3.63) is 66.7 Å². The summed E-state index contributed by atoms with van der Waals surface area (Å²) in [6.45, 7) is 5.83. The molecule has 1 aliphatic heterocycles. The molecule has 8 heteroatoms. The lowest BCUT2D eigenvalue weighted by atomic mass is 10.1. The Morgan fingerprint density at radius 2 is 1.77 bits per heavy atom. The van der Waals surface area contributed by atoms with Gasteiger partial charge in [-0.15, -0.1) is 6.58 Å². The van der Waals surface area contributed by atoms with Crippen molar-refractivity contribution in [1.29, 1.82) is 0 Å². The lowest BCUT2D eigenvalue weighted by molar-refractivity contribution is 0.102. The third-order valence-corrected chi connectivity index (χ3v) is 6.35. The predicted molar refractivity (Wildman–Crippen MR) is 124 cm³/mol. The quantitative estimate of drug-likeness (QED) is 0.633. The van der Waals surface area contributed by atoms with E-state index >= 15 is 0 Å². The van der Waals surface area contributed by atoms with Crippen molar-refractivity contribution in [2.75, 3.05) is 42.6 Å². The lowest BCUT2D eigenvalue weighted by Gasteiger charge is -2.29. The summed E-state index contributed by atoms with van der Waals surface area (Å²) in [5.74, 6) is 0.519. The van der Waals surface area contributed by atoms with Crippen molar-refractivity contribution in [2.24, 2.45) is 0 Å². The third kappa shape index (κ3) is 6.32. The highest BCUT2D eigenvalue weighted by Crippen LogP contribution is 2.22. The van der Waals surface area contributed by atoms with Crippen molar-refractivity contribution in [2.45, 2.75) is 18.9 Å². The first-order valence-corrected chi connectivity index (χ1v) is 12.1. The smallest absolute Gasteiger partial charge is 0.255 e. The Bertz CT molecular complexity index is 996. The van der Waals surface area contributed by atoms with Crippen molar-refractivity contribution in [3.8, 4) is 5.75 Å². The Labute approximate surface area is 184 Å². The molecule has 2 aromatic carbocycles. The summed E-state index contributed by atoms with van der Waals surface area (Å²) < 4.78 is 31.1. The molecule has 166 valence electrons. The Morgan fingerprint density at radius 3 is 2.32 bits per heavy atom. The lowest BCUT2D eigenvalue weighted by Crippen LogP contribution is -2.35. The van der Waals surface area contributed by atoms with Gasteiger partial charge in [-0.25, -0.2) is 8.42 Å². The van der Waals surface area contributed by atoms with Crippen LogP contribution in [0.3, 0.4) is 0 Å². The summed E-state index contributed by atoms with van der Waals surface area (Å²) in [5, 5.41) is 2.85. The zero-order chi connectivity index (χ0) is 22.4. The highest BCUT2D eigenvalue weighted by atomic mass is 32.2. The Balaban J connectivity index is 1.60.